The van der Waals surface area contributed by atoms with Crippen molar-refractivity contribution in [2.45, 2.75) is 12.3 Å². The SMILES string of the molecule is CC(c1ccncc1)(c1ccc(O)cc1)c1ccc(O)cc1. The Morgan fingerprint density at radius 3 is 1.41 bits per heavy atom. The number of hydrogen-bond donors (Lipinski definition) is 2. The summed E-state index contributed by atoms with van der Waals surface area (Å²) >= 11 is 0. The summed E-state index contributed by atoms with van der Waals surface area (Å²) in [4.78, 5) is 4.09. The highest BCUT2D eigenvalue weighted by molar-refractivity contribution is 5.50. The molecular weight excluding hydrogens is 274 g/mol. The molecule has 3 rings (SSSR count). The lowest BCUT2D eigenvalue weighted by Gasteiger charge is -2.31. The van der Waals surface area contributed by atoms with E-state index in [2.05, 4.69) is 11.9 Å². The van der Waals surface area contributed by atoms with Gasteiger partial charge >= 0.3 is 0 Å². The van der Waals surface area contributed by atoms with Crippen molar-refractivity contribution >= 4 is 0 Å². The average molecular weight is 291 g/mol. The molecule has 3 nitrogen and oxygen atoms in total. The first kappa shape index (κ1) is 14.1. The molecule has 22 heavy (non-hydrogen) atoms. The van der Waals surface area contributed by atoms with Crippen LogP contribution in [0.4, 0.5) is 0 Å². The van der Waals surface area contributed by atoms with E-state index in [0.717, 1.165) is 16.7 Å². The number of phenols is 2. The Bertz CT molecular complexity index is 704. The minimum Gasteiger partial charge on any atom is -0.508 e. The van der Waals surface area contributed by atoms with Crippen molar-refractivity contribution in [3.8, 4) is 11.5 Å². The summed E-state index contributed by atoms with van der Waals surface area (Å²) in [6.07, 6.45) is 3.54. The molecule has 0 fully saturated rings. The highest BCUT2D eigenvalue weighted by Crippen LogP contribution is 2.39. The molecule has 3 aromatic rings. The number of benzene rings is 2. The van der Waals surface area contributed by atoms with Crippen LogP contribution in [0.5, 0.6) is 11.5 Å². The van der Waals surface area contributed by atoms with Crippen LogP contribution in [0.2, 0.25) is 0 Å². The van der Waals surface area contributed by atoms with Crippen LogP contribution >= 0.6 is 0 Å². The number of aromatic hydroxyl groups is 2. The van der Waals surface area contributed by atoms with Crippen LogP contribution in [0.25, 0.3) is 0 Å². The Hall–Kier alpha value is -2.81. The van der Waals surface area contributed by atoms with Crippen LogP contribution < -0.4 is 0 Å². The van der Waals surface area contributed by atoms with Gasteiger partial charge in [0, 0.05) is 17.8 Å². The molecule has 110 valence electrons. The lowest BCUT2D eigenvalue weighted by molar-refractivity contribution is 0.474. The standard InChI is InChI=1S/C19H17NO2/c1-19(16-10-12-20-13-11-16,14-2-6-17(21)7-3-14)15-4-8-18(22)9-5-15/h2-13,21-22H,1H3. The second-order valence-electron chi connectivity index (χ2n) is 5.45. The van der Waals surface area contributed by atoms with Gasteiger partial charge in [0.2, 0.25) is 0 Å². The summed E-state index contributed by atoms with van der Waals surface area (Å²) in [5.74, 6) is 0.484. The molecule has 0 radical (unpaired) electrons. The summed E-state index contributed by atoms with van der Waals surface area (Å²) in [7, 11) is 0. The van der Waals surface area contributed by atoms with Gasteiger partial charge in [-0.15, -0.1) is 0 Å². The lowest BCUT2D eigenvalue weighted by Crippen LogP contribution is -2.25. The molecule has 1 aromatic heterocycles. The number of nitrogens with zero attached hydrogens (tertiary/aromatic N) is 1. The van der Waals surface area contributed by atoms with Crippen LogP contribution in [0, 0.1) is 0 Å². The van der Waals surface area contributed by atoms with Gasteiger partial charge in [0.05, 0.1) is 0 Å². The smallest absolute Gasteiger partial charge is 0.115 e. The predicted octanol–water partition coefficient (Wildman–Crippen LogP) is 3.85. The van der Waals surface area contributed by atoms with Gasteiger partial charge in [0.25, 0.3) is 0 Å². The number of pyridine rings is 1. The first-order chi connectivity index (χ1) is 10.6. The molecule has 1 heterocycles. The summed E-state index contributed by atoms with van der Waals surface area (Å²) in [6.45, 7) is 2.13. The van der Waals surface area contributed by atoms with Crippen molar-refractivity contribution in [3.05, 3.63) is 89.7 Å². The largest absolute Gasteiger partial charge is 0.508 e. The predicted molar refractivity (Wildman–Crippen MR) is 86.0 cm³/mol. The summed E-state index contributed by atoms with van der Waals surface area (Å²) in [5, 5.41) is 19.1. The Morgan fingerprint density at radius 2 is 1.00 bits per heavy atom. The molecule has 0 spiro atoms. The van der Waals surface area contributed by atoms with Gasteiger partial charge in [0.1, 0.15) is 11.5 Å². The highest BCUT2D eigenvalue weighted by Gasteiger charge is 2.31. The molecule has 3 heteroatoms. The average Bonchev–Trinajstić information content (AvgIpc) is 2.56. The van der Waals surface area contributed by atoms with Crippen LogP contribution in [0.3, 0.4) is 0 Å². The maximum atomic E-state index is 9.56. The summed E-state index contributed by atoms with van der Waals surface area (Å²) < 4.78 is 0. The monoisotopic (exact) mass is 291 g/mol. The molecule has 0 saturated carbocycles. The van der Waals surface area contributed by atoms with Gasteiger partial charge < -0.3 is 10.2 Å². The lowest BCUT2D eigenvalue weighted by atomic mass is 9.71. The number of hydrogen-bond acceptors (Lipinski definition) is 3. The van der Waals surface area contributed by atoms with Gasteiger partial charge in [0.15, 0.2) is 0 Å². The van der Waals surface area contributed by atoms with Crippen molar-refractivity contribution in [2.75, 3.05) is 0 Å². The third-order valence-electron chi connectivity index (χ3n) is 4.15. The number of phenolic OH excluding ortho intramolecular Hbond substituents is 2. The Morgan fingerprint density at radius 1 is 0.636 bits per heavy atom. The second kappa shape index (κ2) is 5.53. The van der Waals surface area contributed by atoms with Crippen molar-refractivity contribution < 1.29 is 10.2 Å². The third-order valence-corrected chi connectivity index (χ3v) is 4.15. The molecule has 2 aromatic carbocycles. The second-order valence-corrected chi connectivity index (χ2v) is 5.45. The van der Waals surface area contributed by atoms with Crippen LogP contribution in [-0.2, 0) is 5.41 Å². The fraction of sp³-hybridized carbons (Fsp3) is 0.105. The van der Waals surface area contributed by atoms with Crippen LogP contribution in [-0.4, -0.2) is 15.2 Å². The molecule has 0 amide bonds. The van der Waals surface area contributed by atoms with Crippen LogP contribution in [0.15, 0.2) is 73.1 Å². The maximum Gasteiger partial charge on any atom is 0.115 e. The zero-order valence-electron chi connectivity index (χ0n) is 12.3. The van der Waals surface area contributed by atoms with Gasteiger partial charge in [-0.25, -0.2) is 0 Å². The Kier molecular flexibility index (Phi) is 3.55. The molecule has 0 bridgehead atoms. The first-order valence-corrected chi connectivity index (χ1v) is 7.10. The van der Waals surface area contributed by atoms with Crippen molar-refractivity contribution in [1.82, 2.24) is 4.98 Å². The van der Waals surface area contributed by atoms with E-state index < -0.39 is 5.41 Å². The van der Waals surface area contributed by atoms with E-state index in [0.29, 0.717) is 0 Å². The van der Waals surface area contributed by atoms with Crippen molar-refractivity contribution in [1.29, 1.82) is 0 Å². The fourth-order valence-corrected chi connectivity index (χ4v) is 2.77. The fourth-order valence-electron chi connectivity index (χ4n) is 2.77. The molecule has 0 saturated heterocycles. The van der Waals surface area contributed by atoms with Crippen molar-refractivity contribution in [3.63, 3.8) is 0 Å². The van der Waals surface area contributed by atoms with Crippen LogP contribution in [0.1, 0.15) is 23.6 Å². The quantitative estimate of drug-likeness (QED) is 0.770. The van der Waals surface area contributed by atoms with E-state index >= 15 is 0 Å². The van der Waals surface area contributed by atoms with Crippen molar-refractivity contribution in [2.24, 2.45) is 0 Å². The minimum absolute atomic E-state index is 0.242. The molecular formula is C19H17NO2. The van der Waals surface area contributed by atoms with E-state index in [-0.39, 0.29) is 11.5 Å². The maximum absolute atomic E-state index is 9.56. The van der Waals surface area contributed by atoms with E-state index in [9.17, 15) is 10.2 Å². The normalized spacial score (nSPS) is 11.3. The van der Waals surface area contributed by atoms with E-state index in [4.69, 9.17) is 0 Å². The highest BCUT2D eigenvalue weighted by atomic mass is 16.3. The van der Waals surface area contributed by atoms with Gasteiger partial charge in [-0.1, -0.05) is 24.3 Å². The van der Waals surface area contributed by atoms with E-state index in [1.807, 2.05) is 36.4 Å². The molecule has 0 atom stereocenters. The minimum atomic E-state index is -0.398. The van der Waals surface area contributed by atoms with Gasteiger partial charge in [-0.05, 0) is 60.0 Å². The molecule has 2 N–H and O–H groups in total. The summed E-state index contributed by atoms with van der Waals surface area (Å²) in [5.41, 5.74) is 2.81. The topological polar surface area (TPSA) is 53.4 Å². The van der Waals surface area contributed by atoms with Gasteiger partial charge in [-0.2, -0.15) is 0 Å². The zero-order chi connectivity index (χ0) is 15.6. The zero-order valence-corrected chi connectivity index (χ0v) is 12.3. The number of rotatable bonds is 3. The van der Waals surface area contributed by atoms with Gasteiger partial charge in [-0.3, -0.25) is 4.98 Å². The summed E-state index contributed by atoms with van der Waals surface area (Å²) in [6, 6.07) is 18.4. The molecule has 0 unspecified atom stereocenters. The van der Waals surface area contributed by atoms with E-state index in [1.165, 1.54) is 0 Å². The third kappa shape index (κ3) is 2.42. The molecule has 0 aliphatic carbocycles. The van der Waals surface area contributed by atoms with E-state index in [1.54, 1.807) is 36.7 Å². The first-order valence-electron chi connectivity index (χ1n) is 7.10. The molecule has 0 aliphatic rings. The Balaban J connectivity index is 2.22. The Labute approximate surface area is 129 Å². The molecule has 0 aliphatic heterocycles. The number of aromatic nitrogens is 1.